The average Bonchev–Trinajstić information content (AvgIpc) is 2.87. The highest BCUT2D eigenvalue weighted by atomic mass is 35.5. The van der Waals surface area contributed by atoms with Crippen LogP contribution in [0.1, 0.15) is 11.8 Å². The molecule has 0 bridgehead atoms. The van der Waals surface area contributed by atoms with Crippen LogP contribution in [0.25, 0.3) is 0 Å². The summed E-state index contributed by atoms with van der Waals surface area (Å²) in [4.78, 5) is 2.52. The van der Waals surface area contributed by atoms with Gasteiger partial charge in [0.1, 0.15) is 0 Å². The fraction of sp³-hybridized carbons (Fsp3) is 0.286. The van der Waals surface area contributed by atoms with Gasteiger partial charge < -0.3 is 5.32 Å². The quantitative estimate of drug-likeness (QED) is 0.718. The number of halogens is 2. The summed E-state index contributed by atoms with van der Waals surface area (Å²) in [6, 6.07) is 10.0. The first kappa shape index (κ1) is 15.2. The Morgan fingerprint density at radius 3 is 2.79 bits per heavy atom. The lowest BCUT2D eigenvalue weighted by Crippen LogP contribution is -2.21. The highest BCUT2D eigenvalue weighted by Gasteiger charge is 2.06. The van der Waals surface area contributed by atoms with Crippen molar-refractivity contribution < 1.29 is 0 Å². The van der Waals surface area contributed by atoms with Gasteiger partial charge in [-0.05, 0) is 29.6 Å². The fourth-order valence-electron chi connectivity index (χ4n) is 1.64. The molecule has 0 aliphatic carbocycles. The minimum Gasteiger partial charge on any atom is -0.311 e. The Bertz CT molecular complexity index is 514. The van der Waals surface area contributed by atoms with Gasteiger partial charge in [-0.25, -0.2) is 0 Å². The molecule has 0 spiro atoms. The van der Waals surface area contributed by atoms with Gasteiger partial charge in [-0.1, -0.05) is 36.2 Å². The van der Waals surface area contributed by atoms with E-state index in [1.807, 2.05) is 18.2 Å². The molecule has 1 N–H and O–H groups in total. The molecule has 1 heterocycles. The van der Waals surface area contributed by atoms with Gasteiger partial charge in [0.2, 0.25) is 0 Å². The van der Waals surface area contributed by atoms with Crippen LogP contribution < -0.4 is 5.32 Å². The predicted molar refractivity (Wildman–Crippen MR) is 87.8 cm³/mol. The summed E-state index contributed by atoms with van der Waals surface area (Å²) in [5.41, 5.74) is 0. The molecular formula is C14H15Cl2NS2. The van der Waals surface area contributed by atoms with Crippen LogP contribution >= 0.6 is 46.3 Å². The molecule has 0 saturated heterocycles. The zero-order chi connectivity index (χ0) is 13.7. The van der Waals surface area contributed by atoms with E-state index in [1.165, 1.54) is 4.88 Å². The Balaban J connectivity index is 1.77. The number of rotatable bonds is 6. The highest BCUT2D eigenvalue weighted by molar-refractivity contribution is 8.00. The van der Waals surface area contributed by atoms with Crippen LogP contribution in [0.3, 0.4) is 0 Å². The number of hydrogen-bond donors (Lipinski definition) is 1. The topological polar surface area (TPSA) is 12.0 Å². The summed E-state index contributed by atoms with van der Waals surface area (Å²) in [6.45, 7) is 4.10. The van der Waals surface area contributed by atoms with Crippen LogP contribution in [0.5, 0.6) is 0 Å². The van der Waals surface area contributed by atoms with E-state index in [9.17, 15) is 0 Å². The smallest absolute Gasteiger partial charge is 0.0603 e. The van der Waals surface area contributed by atoms with E-state index in [4.69, 9.17) is 23.2 Å². The zero-order valence-corrected chi connectivity index (χ0v) is 13.7. The Labute approximate surface area is 132 Å². The monoisotopic (exact) mass is 331 g/mol. The van der Waals surface area contributed by atoms with Crippen molar-refractivity contribution in [3.8, 4) is 0 Å². The Kier molecular flexibility index (Phi) is 6.05. The van der Waals surface area contributed by atoms with Crippen molar-refractivity contribution in [1.29, 1.82) is 0 Å². The lowest BCUT2D eigenvalue weighted by Gasteiger charge is -2.12. The molecule has 5 heteroatoms. The molecule has 0 aliphatic rings. The molecule has 0 radical (unpaired) electrons. The number of benzene rings is 1. The maximum Gasteiger partial charge on any atom is 0.0603 e. The molecule has 2 aromatic rings. The van der Waals surface area contributed by atoms with Gasteiger partial charge in [-0.15, -0.1) is 23.1 Å². The van der Waals surface area contributed by atoms with Gasteiger partial charge in [0.15, 0.2) is 0 Å². The molecule has 19 heavy (non-hydrogen) atoms. The van der Waals surface area contributed by atoms with Crippen molar-refractivity contribution in [3.63, 3.8) is 0 Å². The lowest BCUT2D eigenvalue weighted by molar-refractivity contribution is 0.690. The third-order valence-electron chi connectivity index (χ3n) is 2.54. The first-order valence-electron chi connectivity index (χ1n) is 6.00. The van der Waals surface area contributed by atoms with E-state index < -0.39 is 0 Å². The van der Waals surface area contributed by atoms with Crippen LogP contribution in [0.2, 0.25) is 10.0 Å². The molecule has 102 valence electrons. The second-order valence-corrected chi connectivity index (χ2v) is 7.57. The molecule has 1 atom stereocenters. The lowest BCUT2D eigenvalue weighted by atomic mass is 10.4. The zero-order valence-electron chi connectivity index (χ0n) is 10.5. The summed E-state index contributed by atoms with van der Waals surface area (Å²) < 4.78 is 0. The number of thioether (sulfide) groups is 1. The SMILES string of the molecule is CC(CNCc1cccs1)Sc1ccc(Cl)c(Cl)c1. The van der Waals surface area contributed by atoms with Gasteiger partial charge in [0.05, 0.1) is 10.0 Å². The van der Waals surface area contributed by atoms with E-state index in [0.717, 1.165) is 18.0 Å². The van der Waals surface area contributed by atoms with Crippen molar-refractivity contribution in [3.05, 3.63) is 50.6 Å². The predicted octanol–water partition coefficient (Wildman–Crippen LogP) is 5.33. The Morgan fingerprint density at radius 2 is 2.11 bits per heavy atom. The molecule has 1 aromatic heterocycles. The number of hydrogen-bond acceptors (Lipinski definition) is 3. The van der Waals surface area contributed by atoms with Gasteiger partial charge in [-0.2, -0.15) is 0 Å². The molecule has 1 unspecified atom stereocenters. The summed E-state index contributed by atoms with van der Waals surface area (Å²) in [6.07, 6.45) is 0. The van der Waals surface area contributed by atoms with Crippen molar-refractivity contribution in [1.82, 2.24) is 5.32 Å². The van der Waals surface area contributed by atoms with E-state index in [-0.39, 0.29) is 0 Å². The maximum atomic E-state index is 6.01. The van der Waals surface area contributed by atoms with Crippen LogP contribution in [0, 0.1) is 0 Å². The fourth-order valence-corrected chi connectivity index (χ4v) is 3.67. The van der Waals surface area contributed by atoms with Crippen LogP contribution in [-0.2, 0) is 6.54 Å². The summed E-state index contributed by atoms with van der Waals surface area (Å²) in [7, 11) is 0. The summed E-state index contributed by atoms with van der Waals surface area (Å²) >= 11 is 15.5. The minimum atomic E-state index is 0.484. The van der Waals surface area contributed by atoms with Crippen molar-refractivity contribution in [2.45, 2.75) is 23.6 Å². The van der Waals surface area contributed by atoms with Gasteiger partial charge in [0, 0.05) is 28.1 Å². The molecule has 1 nitrogen and oxygen atoms in total. The normalized spacial score (nSPS) is 12.6. The molecule has 0 amide bonds. The summed E-state index contributed by atoms with van der Waals surface area (Å²) in [5, 5.41) is 7.27. The second-order valence-electron chi connectivity index (χ2n) is 4.21. The third-order valence-corrected chi connectivity index (χ3v) is 5.25. The highest BCUT2D eigenvalue weighted by Crippen LogP contribution is 2.30. The standard InChI is InChI=1S/C14H15Cl2NS2/c1-10(8-17-9-12-3-2-6-18-12)19-11-4-5-13(15)14(16)7-11/h2-7,10,17H,8-9H2,1H3. The molecular weight excluding hydrogens is 317 g/mol. The van der Waals surface area contributed by atoms with Crippen molar-refractivity contribution >= 4 is 46.3 Å². The van der Waals surface area contributed by atoms with Crippen molar-refractivity contribution in [2.75, 3.05) is 6.54 Å². The van der Waals surface area contributed by atoms with Gasteiger partial charge in [0.25, 0.3) is 0 Å². The van der Waals surface area contributed by atoms with E-state index >= 15 is 0 Å². The van der Waals surface area contributed by atoms with Crippen LogP contribution in [0.15, 0.2) is 40.6 Å². The molecule has 1 aromatic carbocycles. The molecule has 2 rings (SSSR count). The van der Waals surface area contributed by atoms with E-state index in [0.29, 0.717) is 15.3 Å². The summed E-state index contributed by atoms with van der Waals surface area (Å²) in [5.74, 6) is 0. The number of nitrogens with one attached hydrogen (secondary N) is 1. The van der Waals surface area contributed by atoms with Gasteiger partial charge in [-0.3, -0.25) is 0 Å². The minimum absolute atomic E-state index is 0.484. The largest absolute Gasteiger partial charge is 0.311 e. The average molecular weight is 332 g/mol. The maximum absolute atomic E-state index is 6.01. The van der Waals surface area contributed by atoms with E-state index in [2.05, 4.69) is 29.8 Å². The number of thiophene rings is 1. The molecule has 0 saturated carbocycles. The second kappa shape index (κ2) is 7.55. The van der Waals surface area contributed by atoms with Crippen LogP contribution in [0.4, 0.5) is 0 Å². The van der Waals surface area contributed by atoms with Gasteiger partial charge >= 0.3 is 0 Å². The Hall–Kier alpha value is -0.190. The first-order valence-corrected chi connectivity index (χ1v) is 8.51. The third kappa shape index (κ3) is 5.01. The van der Waals surface area contributed by atoms with Crippen molar-refractivity contribution in [2.24, 2.45) is 0 Å². The molecule has 0 fully saturated rings. The van der Waals surface area contributed by atoms with Crippen LogP contribution in [-0.4, -0.2) is 11.8 Å². The molecule has 0 aliphatic heterocycles. The first-order chi connectivity index (χ1) is 9.15. The Morgan fingerprint density at radius 1 is 1.26 bits per heavy atom. The van der Waals surface area contributed by atoms with E-state index in [1.54, 1.807) is 23.1 Å².